The molecule has 2 unspecified atom stereocenters. The molecule has 2 rings (SSSR count). The monoisotopic (exact) mass is 454 g/mol. The molecule has 2 amide bonds. The molecule has 0 bridgehead atoms. The Bertz CT molecular complexity index is 766. The van der Waals surface area contributed by atoms with E-state index in [0.29, 0.717) is 27.9 Å². The average Bonchev–Trinajstić information content (AvgIpc) is 3.01. The van der Waals surface area contributed by atoms with Crippen molar-refractivity contribution >= 4 is 53.4 Å². The van der Waals surface area contributed by atoms with Crippen molar-refractivity contribution in [2.45, 2.75) is 44.1 Å². The van der Waals surface area contributed by atoms with Gasteiger partial charge in [-0.2, -0.15) is 0 Å². The lowest BCUT2D eigenvalue weighted by molar-refractivity contribution is -0.172. The molecule has 0 saturated carbocycles. The number of nitrogens with one attached hydrogen (secondary N) is 1. The molecule has 0 radical (unpaired) electrons. The molecular formula is C19H23N2O5PS2. The SMILES string of the molecule is C#CP(Nc1ccc(C(=O)ON2C(=O)CCC2=O)cc1)OCC(C)SSC(C)C. The van der Waals surface area contributed by atoms with Crippen LogP contribution in [0.25, 0.3) is 0 Å². The van der Waals surface area contributed by atoms with Gasteiger partial charge in [-0.25, -0.2) is 4.79 Å². The Balaban J connectivity index is 1.85. The number of benzene rings is 1. The Morgan fingerprint density at radius 1 is 1.21 bits per heavy atom. The number of imide groups is 1. The van der Waals surface area contributed by atoms with Crippen LogP contribution in [0.15, 0.2) is 24.3 Å². The number of hydroxylamine groups is 2. The molecule has 1 heterocycles. The van der Waals surface area contributed by atoms with E-state index in [1.54, 1.807) is 33.7 Å². The van der Waals surface area contributed by atoms with Gasteiger partial charge in [0, 0.05) is 29.0 Å². The molecule has 1 aliphatic rings. The highest BCUT2D eigenvalue weighted by atomic mass is 33.1. The topological polar surface area (TPSA) is 84.9 Å². The molecule has 1 aromatic carbocycles. The van der Waals surface area contributed by atoms with Gasteiger partial charge in [0.25, 0.3) is 11.8 Å². The van der Waals surface area contributed by atoms with E-state index in [9.17, 15) is 14.4 Å². The van der Waals surface area contributed by atoms with Gasteiger partial charge in [-0.05, 0) is 29.9 Å². The molecule has 1 aliphatic heterocycles. The maximum Gasteiger partial charge on any atom is 0.363 e. The minimum Gasteiger partial charge on any atom is -0.332 e. The molecule has 0 aliphatic carbocycles. The van der Waals surface area contributed by atoms with Crippen LogP contribution in [-0.4, -0.2) is 40.0 Å². The standard InChI is InChI=1S/C19H23N2O5PS2/c1-5-27(25-12-14(4)29-28-13(2)3)20-16-8-6-15(7-9-16)19(24)26-21-17(22)10-11-18(21)23/h1,6-9,13-14,20H,10-12H2,2-4H3. The van der Waals surface area contributed by atoms with E-state index < -0.39 is 26.1 Å². The summed E-state index contributed by atoms with van der Waals surface area (Å²) in [4.78, 5) is 40.1. The first-order valence-corrected chi connectivity index (χ1v) is 12.5. The van der Waals surface area contributed by atoms with Crippen molar-refractivity contribution in [1.82, 2.24) is 5.06 Å². The van der Waals surface area contributed by atoms with Crippen LogP contribution in [0.1, 0.15) is 44.0 Å². The highest BCUT2D eigenvalue weighted by Crippen LogP contribution is 2.38. The van der Waals surface area contributed by atoms with Gasteiger partial charge in [-0.15, -0.1) is 11.5 Å². The summed E-state index contributed by atoms with van der Waals surface area (Å²) in [6.07, 6.45) is 5.67. The minimum absolute atomic E-state index is 0.0535. The second-order valence-electron chi connectivity index (χ2n) is 6.42. The number of amides is 2. The number of anilines is 1. The van der Waals surface area contributed by atoms with Crippen molar-refractivity contribution in [3.8, 4) is 12.1 Å². The molecule has 1 aromatic rings. The van der Waals surface area contributed by atoms with Crippen LogP contribution in [-0.2, 0) is 19.0 Å². The number of carbonyl (C=O) groups is 3. The van der Waals surface area contributed by atoms with Gasteiger partial charge in [0.05, 0.1) is 12.2 Å². The van der Waals surface area contributed by atoms with Gasteiger partial charge in [0.1, 0.15) is 0 Å². The largest absolute Gasteiger partial charge is 0.363 e. The van der Waals surface area contributed by atoms with Crippen LogP contribution >= 0.6 is 29.9 Å². The summed E-state index contributed by atoms with van der Waals surface area (Å²) in [5.74, 6) is -1.81. The molecule has 2 atom stereocenters. The van der Waals surface area contributed by atoms with Crippen molar-refractivity contribution in [3.05, 3.63) is 29.8 Å². The van der Waals surface area contributed by atoms with Gasteiger partial charge in [-0.3, -0.25) is 9.59 Å². The summed E-state index contributed by atoms with van der Waals surface area (Å²) in [7, 11) is 2.26. The zero-order chi connectivity index (χ0) is 21.4. The lowest BCUT2D eigenvalue weighted by atomic mass is 10.2. The molecule has 7 nitrogen and oxygen atoms in total. The van der Waals surface area contributed by atoms with Gasteiger partial charge < -0.3 is 14.4 Å². The van der Waals surface area contributed by atoms with E-state index in [4.69, 9.17) is 15.8 Å². The van der Waals surface area contributed by atoms with Gasteiger partial charge in [-0.1, -0.05) is 42.4 Å². The van der Waals surface area contributed by atoms with E-state index in [0.717, 1.165) is 0 Å². The number of hydrogen-bond acceptors (Lipinski definition) is 8. The zero-order valence-electron chi connectivity index (χ0n) is 16.4. The van der Waals surface area contributed by atoms with Gasteiger partial charge in [0.15, 0.2) is 0 Å². The Morgan fingerprint density at radius 2 is 1.83 bits per heavy atom. The molecule has 156 valence electrons. The Labute approximate surface area is 179 Å². The summed E-state index contributed by atoms with van der Waals surface area (Å²) < 4.78 is 5.79. The molecule has 10 heteroatoms. The fraction of sp³-hybridized carbons (Fsp3) is 0.421. The molecule has 0 spiro atoms. The van der Waals surface area contributed by atoms with Crippen LogP contribution in [0.4, 0.5) is 5.69 Å². The van der Waals surface area contributed by atoms with E-state index in [1.165, 1.54) is 12.1 Å². The van der Waals surface area contributed by atoms with Crippen LogP contribution in [0.5, 0.6) is 0 Å². The molecular weight excluding hydrogens is 431 g/mol. The molecule has 29 heavy (non-hydrogen) atoms. The van der Waals surface area contributed by atoms with E-state index in [-0.39, 0.29) is 18.4 Å². The fourth-order valence-corrected chi connectivity index (χ4v) is 5.11. The molecule has 1 N–H and O–H groups in total. The normalized spacial score (nSPS) is 15.9. The Morgan fingerprint density at radius 3 is 2.38 bits per heavy atom. The summed E-state index contributed by atoms with van der Waals surface area (Å²) in [6.45, 7) is 6.89. The smallest absolute Gasteiger partial charge is 0.332 e. The summed E-state index contributed by atoms with van der Waals surface area (Å²) in [6, 6.07) is 6.37. The van der Waals surface area contributed by atoms with Crippen molar-refractivity contribution < 1.29 is 23.7 Å². The van der Waals surface area contributed by atoms with Crippen LogP contribution in [0.3, 0.4) is 0 Å². The van der Waals surface area contributed by atoms with Crippen LogP contribution in [0.2, 0.25) is 0 Å². The third-order valence-corrected chi connectivity index (χ3v) is 8.04. The maximum atomic E-state index is 12.1. The Hall–Kier alpha value is -1.72. The predicted octanol–water partition coefficient (Wildman–Crippen LogP) is 4.42. The second-order valence-corrected chi connectivity index (χ2v) is 11.0. The summed E-state index contributed by atoms with van der Waals surface area (Å²) in [5.41, 5.74) is 3.51. The summed E-state index contributed by atoms with van der Waals surface area (Å²) >= 11 is 0. The quantitative estimate of drug-likeness (QED) is 0.241. The van der Waals surface area contributed by atoms with E-state index >= 15 is 0 Å². The highest BCUT2D eigenvalue weighted by Gasteiger charge is 2.33. The molecule has 1 fully saturated rings. The lowest BCUT2D eigenvalue weighted by Gasteiger charge is -2.17. The zero-order valence-corrected chi connectivity index (χ0v) is 18.9. The molecule has 0 aromatic heterocycles. The van der Waals surface area contributed by atoms with Gasteiger partial charge >= 0.3 is 5.97 Å². The fourth-order valence-electron chi connectivity index (χ4n) is 2.11. The number of rotatable bonds is 10. The van der Waals surface area contributed by atoms with Crippen molar-refractivity contribution in [1.29, 1.82) is 0 Å². The van der Waals surface area contributed by atoms with Crippen molar-refractivity contribution in [2.75, 3.05) is 11.7 Å². The van der Waals surface area contributed by atoms with Crippen LogP contribution < -0.4 is 5.09 Å². The highest BCUT2D eigenvalue weighted by molar-refractivity contribution is 8.77. The van der Waals surface area contributed by atoms with Crippen molar-refractivity contribution in [2.24, 2.45) is 0 Å². The molecule has 1 saturated heterocycles. The van der Waals surface area contributed by atoms with E-state index in [1.807, 2.05) is 0 Å². The first-order chi connectivity index (χ1) is 13.8. The van der Waals surface area contributed by atoms with Gasteiger partial charge in [0.2, 0.25) is 8.30 Å². The number of terminal acetylenes is 1. The van der Waals surface area contributed by atoms with E-state index in [2.05, 4.69) is 31.5 Å². The predicted molar refractivity (Wildman–Crippen MR) is 118 cm³/mol. The first-order valence-electron chi connectivity index (χ1n) is 8.96. The second kappa shape index (κ2) is 11.5. The van der Waals surface area contributed by atoms with Crippen LogP contribution in [0, 0.1) is 12.1 Å². The third kappa shape index (κ3) is 7.56. The summed E-state index contributed by atoms with van der Waals surface area (Å²) in [5, 5.41) is 4.49. The number of carbonyl (C=O) groups excluding carboxylic acids is 3. The Kier molecular flexibility index (Phi) is 9.31. The lowest BCUT2D eigenvalue weighted by Crippen LogP contribution is -2.32. The number of nitrogens with zero attached hydrogens (tertiary/aromatic N) is 1. The minimum atomic E-state index is -1.30. The van der Waals surface area contributed by atoms with Crippen molar-refractivity contribution in [3.63, 3.8) is 0 Å². The number of hydrogen-bond donors (Lipinski definition) is 1. The first kappa shape index (κ1) is 23.6. The maximum absolute atomic E-state index is 12.1. The average molecular weight is 455 g/mol. The third-order valence-electron chi connectivity index (χ3n) is 3.50.